The van der Waals surface area contributed by atoms with Crippen LogP contribution in [-0.2, 0) is 11.3 Å². The van der Waals surface area contributed by atoms with E-state index in [1.54, 1.807) is 0 Å². The van der Waals surface area contributed by atoms with Gasteiger partial charge in [-0.25, -0.2) is 5.06 Å². The van der Waals surface area contributed by atoms with E-state index in [1.165, 1.54) is 5.06 Å². The number of fused-ring (bicyclic) bond motifs is 1. The Morgan fingerprint density at radius 1 is 1.35 bits per heavy atom. The fourth-order valence-corrected chi connectivity index (χ4v) is 2.45. The van der Waals surface area contributed by atoms with Gasteiger partial charge in [-0.15, -0.1) is 0 Å². The van der Waals surface area contributed by atoms with Crippen LogP contribution in [0.1, 0.15) is 28.8 Å². The molecule has 1 amide bonds. The number of benzene rings is 1. The smallest absolute Gasteiger partial charge is 0.277 e. The molecule has 2 heterocycles. The molecule has 0 unspecified atom stereocenters. The summed E-state index contributed by atoms with van der Waals surface area (Å²) in [4.78, 5) is 17.6. The van der Waals surface area contributed by atoms with Gasteiger partial charge in [0.2, 0.25) is 0 Å². The summed E-state index contributed by atoms with van der Waals surface area (Å²) in [5, 5.41) is 4.83. The third kappa shape index (κ3) is 1.89. The van der Waals surface area contributed by atoms with Crippen LogP contribution in [-0.4, -0.2) is 30.7 Å². The van der Waals surface area contributed by atoms with Crippen molar-refractivity contribution in [1.29, 1.82) is 0 Å². The highest BCUT2D eigenvalue weighted by Gasteiger charge is 2.24. The lowest BCUT2D eigenvalue weighted by Crippen LogP contribution is -2.28. The van der Waals surface area contributed by atoms with Crippen LogP contribution in [0.2, 0.25) is 0 Å². The van der Waals surface area contributed by atoms with Crippen molar-refractivity contribution in [2.75, 3.05) is 25.0 Å². The second-order valence-electron chi connectivity index (χ2n) is 4.46. The molecule has 17 heavy (non-hydrogen) atoms. The van der Waals surface area contributed by atoms with Crippen molar-refractivity contribution >= 4 is 11.6 Å². The molecule has 1 fully saturated rings. The largest absolute Gasteiger partial charge is 0.385 e. The number of anilines is 1. The molecule has 4 heteroatoms. The Morgan fingerprint density at radius 3 is 3.12 bits per heavy atom. The van der Waals surface area contributed by atoms with Gasteiger partial charge < -0.3 is 5.32 Å². The molecule has 0 aliphatic carbocycles. The lowest BCUT2D eigenvalue weighted by atomic mass is 9.97. The molecule has 1 N–H and O–H groups in total. The van der Waals surface area contributed by atoms with E-state index in [4.69, 9.17) is 4.84 Å². The molecule has 0 radical (unpaired) electrons. The summed E-state index contributed by atoms with van der Waals surface area (Å²) in [7, 11) is 0. The fourth-order valence-electron chi connectivity index (χ4n) is 2.45. The molecular weight excluding hydrogens is 216 g/mol. The summed E-state index contributed by atoms with van der Waals surface area (Å²) in [6.07, 6.45) is 2.98. The Kier molecular flexibility index (Phi) is 2.73. The number of rotatable bonds is 1. The van der Waals surface area contributed by atoms with Crippen LogP contribution in [0, 0.1) is 0 Å². The number of nitrogens with zero attached hydrogens (tertiary/aromatic N) is 1. The normalized spacial score (nSPS) is 18.7. The molecule has 90 valence electrons. The van der Waals surface area contributed by atoms with Crippen LogP contribution in [0.4, 0.5) is 5.69 Å². The summed E-state index contributed by atoms with van der Waals surface area (Å²) in [5.41, 5.74) is 3.03. The first-order valence-corrected chi connectivity index (χ1v) is 6.17. The van der Waals surface area contributed by atoms with Crippen molar-refractivity contribution < 1.29 is 9.63 Å². The number of hydroxylamine groups is 2. The van der Waals surface area contributed by atoms with Crippen molar-refractivity contribution in [1.82, 2.24) is 5.06 Å². The zero-order valence-electron chi connectivity index (χ0n) is 9.74. The number of hydrogen-bond donors (Lipinski definition) is 1. The Morgan fingerprint density at radius 2 is 2.29 bits per heavy atom. The average molecular weight is 232 g/mol. The minimum Gasteiger partial charge on any atom is -0.385 e. The Balaban J connectivity index is 1.94. The lowest BCUT2D eigenvalue weighted by Gasteiger charge is -2.22. The van der Waals surface area contributed by atoms with E-state index >= 15 is 0 Å². The summed E-state index contributed by atoms with van der Waals surface area (Å²) in [6, 6.07) is 5.87. The molecule has 1 aromatic carbocycles. The zero-order chi connectivity index (χ0) is 11.7. The van der Waals surface area contributed by atoms with Crippen LogP contribution in [0.5, 0.6) is 0 Å². The van der Waals surface area contributed by atoms with Crippen molar-refractivity contribution in [3.05, 3.63) is 29.3 Å². The monoisotopic (exact) mass is 232 g/mol. The average Bonchev–Trinajstić information content (AvgIpc) is 2.91. The molecular formula is C13H16N2O2. The fraction of sp³-hybridized carbons (Fsp3) is 0.462. The van der Waals surface area contributed by atoms with Gasteiger partial charge in [-0.2, -0.15) is 0 Å². The molecule has 4 nitrogen and oxygen atoms in total. The Labute approximate surface area is 101 Å². The minimum atomic E-state index is 0.00282. The van der Waals surface area contributed by atoms with Crippen molar-refractivity contribution in [3.63, 3.8) is 0 Å². The highest BCUT2D eigenvalue weighted by molar-refractivity contribution is 5.96. The second-order valence-corrected chi connectivity index (χ2v) is 4.46. The first kappa shape index (κ1) is 10.6. The predicted molar refractivity (Wildman–Crippen MR) is 64.9 cm³/mol. The molecule has 0 spiro atoms. The molecule has 0 atom stereocenters. The molecule has 0 saturated carbocycles. The summed E-state index contributed by atoms with van der Waals surface area (Å²) in [5.74, 6) is 0.00282. The minimum absolute atomic E-state index is 0.00282. The molecule has 3 rings (SSSR count). The maximum atomic E-state index is 12.3. The van der Waals surface area contributed by atoms with Gasteiger partial charge in [-0.05, 0) is 37.0 Å². The number of amides is 1. The van der Waals surface area contributed by atoms with Gasteiger partial charge in [0.05, 0.1) is 13.2 Å². The van der Waals surface area contributed by atoms with E-state index in [-0.39, 0.29) is 5.91 Å². The van der Waals surface area contributed by atoms with Crippen molar-refractivity contribution in [2.24, 2.45) is 0 Å². The van der Waals surface area contributed by atoms with Crippen LogP contribution in [0.25, 0.3) is 0 Å². The summed E-state index contributed by atoms with van der Waals surface area (Å²) >= 11 is 0. The number of hydrogen-bond acceptors (Lipinski definition) is 3. The van der Waals surface area contributed by atoms with Crippen molar-refractivity contribution in [2.45, 2.75) is 19.3 Å². The van der Waals surface area contributed by atoms with E-state index in [0.717, 1.165) is 42.6 Å². The first-order chi connectivity index (χ1) is 8.36. The van der Waals surface area contributed by atoms with Crippen molar-refractivity contribution in [3.8, 4) is 0 Å². The van der Waals surface area contributed by atoms with Crippen LogP contribution < -0.4 is 5.32 Å². The van der Waals surface area contributed by atoms with Gasteiger partial charge >= 0.3 is 0 Å². The molecule has 1 saturated heterocycles. The van der Waals surface area contributed by atoms with Gasteiger partial charge in [0.25, 0.3) is 5.91 Å². The first-order valence-electron chi connectivity index (χ1n) is 6.17. The maximum absolute atomic E-state index is 12.3. The van der Waals surface area contributed by atoms with E-state index in [1.807, 2.05) is 18.2 Å². The zero-order valence-corrected chi connectivity index (χ0v) is 9.74. The molecule has 0 aromatic heterocycles. The third-order valence-corrected chi connectivity index (χ3v) is 3.30. The lowest BCUT2D eigenvalue weighted by molar-refractivity contribution is -0.0769. The van der Waals surface area contributed by atoms with E-state index in [0.29, 0.717) is 13.2 Å². The quantitative estimate of drug-likeness (QED) is 0.803. The highest BCUT2D eigenvalue weighted by atomic mass is 16.7. The van der Waals surface area contributed by atoms with E-state index in [9.17, 15) is 4.79 Å². The second kappa shape index (κ2) is 4.37. The van der Waals surface area contributed by atoms with Gasteiger partial charge in [0, 0.05) is 17.8 Å². The SMILES string of the molecule is O=C(c1cccc2c1CCCN2)N1CCCO1. The molecule has 2 aliphatic heterocycles. The van der Waals surface area contributed by atoms with E-state index in [2.05, 4.69) is 5.32 Å². The standard InChI is InChI=1S/C13H16N2O2/c16-13(15-8-3-9-17-15)11-4-1-6-12-10(11)5-2-7-14-12/h1,4,6,14H,2-3,5,7-9H2. The molecule has 2 aliphatic rings. The molecule has 1 aromatic rings. The van der Waals surface area contributed by atoms with E-state index < -0.39 is 0 Å². The maximum Gasteiger partial charge on any atom is 0.277 e. The van der Waals surface area contributed by atoms with Gasteiger partial charge in [0.15, 0.2) is 0 Å². The van der Waals surface area contributed by atoms with Crippen LogP contribution in [0.15, 0.2) is 18.2 Å². The Hall–Kier alpha value is -1.55. The summed E-state index contributed by atoms with van der Waals surface area (Å²) < 4.78 is 0. The predicted octanol–water partition coefficient (Wildman–Crippen LogP) is 1.82. The van der Waals surface area contributed by atoms with Gasteiger partial charge in [0.1, 0.15) is 0 Å². The van der Waals surface area contributed by atoms with Gasteiger partial charge in [-0.3, -0.25) is 9.63 Å². The number of nitrogens with one attached hydrogen (secondary N) is 1. The van der Waals surface area contributed by atoms with Crippen LogP contribution >= 0.6 is 0 Å². The number of carbonyl (C=O) groups excluding carboxylic acids is 1. The third-order valence-electron chi connectivity index (χ3n) is 3.30. The molecule has 0 bridgehead atoms. The van der Waals surface area contributed by atoms with Gasteiger partial charge in [-0.1, -0.05) is 6.07 Å². The topological polar surface area (TPSA) is 41.6 Å². The summed E-state index contributed by atoms with van der Waals surface area (Å²) in [6.45, 7) is 2.35. The highest BCUT2D eigenvalue weighted by Crippen LogP contribution is 2.26. The number of carbonyl (C=O) groups is 1. The van der Waals surface area contributed by atoms with Crippen LogP contribution in [0.3, 0.4) is 0 Å². The Bertz CT molecular complexity index is 439.